The maximum absolute atomic E-state index is 5.62. The summed E-state index contributed by atoms with van der Waals surface area (Å²) in [5, 5.41) is 6.78. The van der Waals surface area contributed by atoms with Gasteiger partial charge in [0.25, 0.3) is 0 Å². The first-order valence-corrected chi connectivity index (χ1v) is 11.6. The fourth-order valence-electron chi connectivity index (χ4n) is 3.74. The fourth-order valence-corrected chi connectivity index (χ4v) is 3.74. The highest BCUT2D eigenvalue weighted by Crippen LogP contribution is 2.21. The van der Waals surface area contributed by atoms with E-state index in [9.17, 15) is 0 Å². The number of methoxy groups -OCH3 is 1. The second-order valence-electron chi connectivity index (χ2n) is 8.24. The van der Waals surface area contributed by atoms with Crippen LogP contribution in [0.3, 0.4) is 0 Å². The number of nitrogens with zero attached hydrogens (tertiary/aromatic N) is 3. The average molecular weight is 440 g/mol. The van der Waals surface area contributed by atoms with Crippen LogP contribution in [0.25, 0.3) is 0 Å². The lowest BCUT2D eigenvalue weighted by Crippen LogP contribution is -2.41. The number of rotatable bonds is 9. The van der Waals surface area contributed by atoms with Gasteiger partial charge in [-0.3, -0.25) is 0 Å². The number of hydrogen-bond donors (Lipinski definition) is 2. The van der Waals surface area contributed by atoms with Crippen molar-refractivity contribution in [2.75, 3.05) is 44.8 Å². The lowest BCUT2D eigenvalue weighted by molar-refractivity contribution is 0.0529. The van der Waals surface area contributed by atoms with Gasteiger partial charge in [-0.1, -0.05) is 25.1 Å². The van der Waals surface area contributed by atoms with E-state index in [1.807, 2.05) is 18.3 Å². The highest BCUT2D eigenvalue weighted by Gasteiger charge is 2.17. The van der Waals surface area contributed by atoms with Crippen molar-refractivity contribution in [2.24, 2.45) is 4.99 Å². The number of anilines is 1. The molecule has 7 heteroatoms. The summed E-state index contributed by atoms with van der Waals surface area (Å²) in [6.07, 6.45) is 3.19. The van der Waals surface area contributed by atoms with Crippen molar-refractivity contribution in [3.63, 3.8) is 0 Å². The van der Waals surface area contributed by atoms with Gasteiger partial charge in [0.05, 0.1) is 26.4 Å². The second kappa shape index (κ2) is 12.3. The standard InChI is InChI=1S/C25H37N5O2/c1-5-26-25(27-13-12-19(2)22-7-9-23(31-4)10-8-22)29-17-21-6-11-24(28-16-21)30-14-15-32-20(3)18-30/h6-11,16,19-20H,5,12-15,17-18H2,1-4H3,(H2,26,27,29). The lowest BCUT2D eigenvalue weighted by Gasteiger charge is -2.32. The van der Waals surface area contributed by atoms with E-state index in [-0.39, 0.29) is 6.10 Å². The van der Waals surface area contributed by atoms with Gasteiger partial charge >= 0.3 is 0 Å². The molecule has 3 rings (SSSR count). The third-order valence-electron chi connectivity index (χ3n) is 5.69. The van der Waals surface area contributed by atoms with Crippen LogP contribution in [0.2, 0.25) is 0 Å². The Hall–Kier alpha value is -2.80. The Kier molecular flexibility index (Phi) is 9.16. The van der Waals surface area contributed by atoms with Crippen molar-refractivity contribution in [3.05, 3.63) is 53.7 Å². The van der Waals surface area contributed by atoms with E-state index < -0.39 is 0 Å². The molecule has 0 bridgehead atoms. The predicted molar refractivity (Wildman–Crippen MR) is 131 cm³/mol. The lowest BCUT2D eigenvalue weighted by atomic mass is 9.98. The summed E-state index contributed by atoms with van der Waals surface area (Å²) in [7, 11) is 1.69. The molecule has 2 aromatic rings. The van der Waals surface area contributed by atoms with Gasteiger partial charge in [0.2, 0.25) is 0 Å². The van der Waals surface area contributed by atoms with Gasteiger partial charge in [0.15, 0.2) is 5.96 Å². The van der Waals surface area contributed by atoms with Gasteiger partial charge in [-0.2, -0.15) is 0 Å². The summed E-state index contributed by atoms with van der Waals surface area (Å²) in [6.45, 7) is 11.2. The van der Waals surface area contributed by atoms with E-state index in [1.54, 1.807) is 7.11 Å². The van der Waals surface area contributed by atoms with Gasteiger partial charge in [-0.15, -0.1) is 0 Å². The maximum atomic E-state index is 5.62. The largest absolute Gasteiger partial charge is 0.497 e. The first-order chi connectivity index (χ1) is 15.6. The van der Waals surface area contributed by atoms with Crippen molar-refractivity contribution in [2.45, 2.75) is 45.8 Å². The molecule has 1 fully saturated rings. The van der Waals surface area contributed by atoms with Gasteiger partial charge < -0.3 is 25.0 Å². The van der Waals surface area contributed by atoms with Crippen LogP contribution in [0.5, 0.6) is 5.75 Å². The molecule has 2 N–H and O–H groups in total. The quantitative estimate of drug-likeness (QED) is 0.460. The summed E-state index contributed by atoms with van der Waals surface area (Å²) < 4.78 is 10.9. The van der Waals surface area contributed by atoms with E-state index in [0.29, 0.717) is 12.5 Å². The van der Waals surface area contributed by atoms with Crippen LogP contribution < -0.4 is 20.3 Å². The summed E-state index contributed by atoms with van der Waals surface area (Å²) in [5.41, 5.74) is 2.41. The number of aliphatic imine (C=N–C) groups is 1. The van der Waals surface area contributed by atoms with Crippen LogP contribution in [-0.4, -0.2) is 56.9 Å². The Morgan fingerprint density at radius 3 is 2.72 bits per heavy atom. The molecule has 1 aromatic carbocycles. The van der Waals surface area contributed by atoms with E-state index in [1.165, 1.54) is 5.56 Å². The number of guanidine groups is 1. The molecule has 7 nitrogen and oxygen atoms in total. The Bertz CT molecular complexity index is 838. The summed E-state index contributed by atoms with van der Waals surface area (Å²) in [6, 6.07) is 12.5. The average Bonchev–Trinajstić information content (AvgIpc) is 2.83. The minimum Gasteiger partial charge on any atom is -0.497 e. The zero-order chi connectivity index (χ0) is 22.8. The number of nitrogens with one attached hydrogen (secondary N) is 2. The maximum Gasteiger partial charge on any atom is 0.191 e. The van der Waals surface area contributed by atoms with Crippen molar-refractivity contribution in [3.8, 4) is 5.75 Å². The van der Waals surface area contributed by atoms with Crippen molar-refractivity contribution < 1.29 is 9.47 Å². The Labute approximate surface area is 192 Å². The van der Waals surface area contributed by atoms with Crippen molar-refractivity contribution in [1.82, 2.24) is 15.6 Å². The van der Waals surface area contributed by atoms with Crippen LogP contribution in [0, 0.1) is 0 Å². The van der Waals surface area contributed by atoms with Crippen LogP contribution >= 0.6 is 0 Å². The Balaban J connectivity index is 1.49. The van der Waals surface area contributed by atoms with Gasteiger partial charge in [-0.25, -0.2) is 9.98 Å². The van der Waals surface area contributed by atoms with E-state index in [4.69, 9.17) is 14.5 Å². The molecule has 1 saturated heterocycles. The summed E-state index contributed by atoms with van der Waals surface area (Å²) in [4.78, 5) is 11.7. The molecule has 1 aromatic heterocycles. The molecule has 2 unspecified atom stereocenters. The molecule has 0 saturated carbocycles. The summed E-state index contributed by atoms with van der Waals surface area (Å²) >= 11 is 0. The van der Waals surface area contributed by atoms with E-state index >= 15 is 0 Å². The number of pyridine rings is 1. The van der Waals surface area contributed by atoms with Gasteiger partial charge in [0, 0.05) is 32.4 Å². The smallest absolute Gasteiger partial charge is 0.191 e. The van der Waals surface area contributed by atoms with Gasteiger partial charge in [0.1, 0.15) is 11.6 Å². The summed E-state index contributed by atoms with van der Waals surface area (Å²) in [5.74, 6) is 3.18. The van der Waals surface area contributed by atoms with Crippen LogP contribution in [0.1, 0.15) is 44.2 Å². The van der Waals surface area contributed by atoms with E-state index in [2.05, 4.69) is 65.6 Å². The normalized spacial score (nSPS) is 17.7. The third kappa shape index (κ3) is 7.12. The first-order valence-electron chi connectivity index (χ1n) is 11.6. The second-order valence-corrected chi connectivity index (χ2v) is 8.24. The fraction of sp³-hybridized carbons (Fsp3) is 0.520. The van der Waals surface area contributed by atoms with Crippen LogP contribution in [0.4, 0.5) is 5.82 Å². The van der Waals surface area contributed by atoms with Crippen LogP contribution in [0.15, 0.2) is 47.6 Å². The van der Waals surface area contributed by atoms with Crippen LogP contribution in [-0.2, 0) is 11.3 Å². The monoisotopic (exact) mass is 439 g/mol. The Morgan fingerprint density at radius 1 is 1.25 bits per heavy atom. The number of benzene rings is 1. The van der Waals surface area contributed by atoms with Crippen molar-refractivity contribution >= 4 is 11.8 Å². The number of hydrogen-bond acceptors (Lipinski definition) is 5. The SMILES string of the molecule is CCNC(=NCc1ccc(N2CCOC(C)C2)nc1)NCCC(C)c1ccc(OC)cc1. The Morgan fingerprint density at radius 2 is 2.06 bits per heavy atom. The molecule has 2 atom stereocenters. The molecule has 32 heavy (non-hydrogen) atoms. The number of ether oxygens (including phenoxy) is 2. The molecule has 0 aliphatic carbocycles. The first kappa shape index (κ1) is 23.9. The molecular formula is C25H37N5O2. The predicted octanol–water partition coefficient (Wildman–Crippen LogP) is 3.56. The molecular weight excluding hydrogens is 402 g/mol. The molecule has 2 heterocycles. The highest BCUT2D eigenvalue weighted by atomic mass is 16.5. The number of morpholine rings is 1. The molecule has 0 radical (unpaired) electrons. The molecule has 1 aliphatic rings. The van der Waals surface area contributed by atoms with Crippen molar-refractivity contribution in [1.29, 1.82) is 0 Å². The molecule has 174 valence electrons. The third-order valence-corrected chi connectivity index (χ3v) is 5.69. The minimum absolute atomic E-state index is 0.246. The van der Waals surface area contributed by atoms with Gasteiger partial charge in [-0.05, 0) is 55.5 Å². The highest BCUT2D eigenvalue weighted by molar-refractivity contribution is 5.79. The zero-order valence-electron chi connectivity index (χ0n) is 19.8. The molecule has 0 amide bonds. The topological polar surface area (TPSA) is 71.0 Å². The zero-order valence-corrected chi connectivity index (χ0v) is 19.8. The number of aromatic nitrogens is 1. The minimum atomic E-state index is 0.246. The molecule has 0 spiro atoms. The van der Waals surface area contributed by atoms with E-state index in [0.717, 1.165) is 62.3 Å². The molecule has 1 aliphatic heterocycles.